The van der Waals surface area contributed by atoms with Crippen LogP contribution in [0.4, 0.5) is 5.95 Å². The van der Waals surface area contributed by atoms with E-state index in [4.69, 9.17) is 4.74 Å². The molecule has 3 aromatic rings. The molecule has 1 aliphatic rings. The fourth-order valence-electron chi connectivity index (χ4n) is 2.84. The van der Waals surface area contributed by atoms with Crippen LogP contribution in [0.3, 0.4) is 0 Å². The van der Waals surface area contributed by atoms with Crippen molar-refractivity contribution in [2.24, 2.45) is 0 Å². The molecule has 1 saturated heterocycles. The molecule has 1 fully saturated rings. The number of likely N-dealkylation sites (N-methyl/N-ethyl adjacent to an activating group) is 1. The van der Waals surface area contributed by atoms with Gasteiger partial charge in [-0.05, 0) is 31.3 Å². The number of ether oxygens (including phenoxy) is 1. The fourth-order valence-corrected chi connectivity index (χ4v) is 2.84. The molecule has 7 heteroatoms. The van der Waals surface area contributed by atoms with Gasteiger partial charge in [-0.25, -0.2) is 9.97 Å². The zero-order chi connectivity index (χ0) is 16.5. The highest BCUT2D eigenvalue weighted by atomic mass is 16.5. The van der Waals surface area contributed by atoms with Crippen molar-refractivity contribution < 1.29 is 4.74 Å². The summed E-state index contributed by atoms with van der Waals surface area (Å²) < 4.78 is 5.19. The van der Waals surface area contributed by atoms with Crippen molar-refractivity contribution in [2.75, 3.05) is 45.2 Å². The number of aromatic nitrogens is 4. The lowest BCUT2D eigenvalue weighted by Crippen LogP contribution is -2.45. The van der Waals surface area contributed by atoms with Gasteiger partial charge in [-0.15, -0.1) is 0 Å². The molecule has 2 aromatic heterocycles. The number of H-pyrrole nitrogens is 1. The summed E-state index contributed by atoms with van der Waals surface area (Å²) in [5, 5.41) is 0. The summed E-state index contributed by atoms with van der Waals surface area (Å²) in [5.41, 5.74) is 2.54. The van der Waals surface area contributed by atoms with Gasteiger partial charge in [0.25, 0.3) is 0 Å². The number of piperazine rings is 1. The topological polar surface area (TPSA) is 70.2 Å². The van der Waals surface area contributed by atoms with Crippen LogP contribution in [0, 0.1) is 0 Å². The van der Waals surface area contributed by atoms with E-state index in [-0.39, 0.29) is 0 Å². The van der Waals surface area contributed by atoms with Crippen LogP contribution in [-0.4, -0.2) is 65.2 Å². The molecule has 1 aliphatic heterocycles. The molecule has 0 aliphatic carbocycles. The van der Waals surface area contributed by atoms with E-state index >= 15 is 0 Å². The van der Waals surface area contributed by atoms with E-state index in [2.05, 4.69) is 36.8 Å². The van der Waals surface area contributed by atoms with E-state index in [9.17, 15) is 0 Å². The molecule has 24 heavy (non-hydrogen) atoms. The van der Waals surface area contributed by atoms with Gasteiger partial charge in [0.2, 0.25) is 5.95 Å². The number of nitrogens with one attached hydrogen (secondary N) is 1. The molecule has 0 bridgehead atoms. The molecule has 4 rings (SSSR count). The molecule has 0 atom stereocenters. The molecule has 0 amide bonds. The zero-order valence-corrected chi connectivity index (χ0v) is 13.9. The average molecular weight is 324 g/mol. The van der Waals surface area contributed by atoms with Gasteiger partial charge in [-0.1, -0.05) is 0 Å². The van der Waals surface area contributed by atoms with Crippen LogP contribution in [0.5, 0.6) is 5.75 Å². The van der Waals surface area contributed by atoms with Crippen LogP contribution in [0.2, 0.25) is 0 Å². The Hall–Kier alpha value is -2.67. The van der Waals surface area contributed by atoms with Gasteiger partial charge >= 0.3 is 0 Å². The van der Waals surface area contributed by atoms with Crippen molar-refractivity contribution in [3.05, 3.63) is 30.5 Å². The Bertz CT molecular complexity index is 836. The number of hydrogen-bond acceptors (Lipinski definition) is 6. The van der Waals surface area contributed by atoms with Crippen LogP contribution in [-0.2, 0) is 0 Å². The van der Waals surface area contributed by atoms with Crippen molar-refractivity contribution in [3.63, 3.8) is 0 Å². The minimum atomic E-state index is 0.699. The molecule has 0 saturated carbocycles. The van der Waals surface area contributed by atoms with Gasteiger partial charge in [0.05, 0.1) is 13.3 Å². The van der Waals surface area contributed by atoms with Crippen molar-refractivity contribution in [2.45, 2.75) is 0 Å². The average Bonchev–Trinajstić information content (AvgIpc) is 3.05. The number of rotatable bonds is 3. The van der Waals surface area contributed by atoms with Crippen molar-refractivity contribution in [3.8, 4) is 17.1 Å². The number of imidazole rings is 1. The second-order valence-corrected chi connectivity index (χ2v) is 6.01. The van der Waals surface area contributed by atoms with E-state index in [0.717, 1.165) is 54.8 Å². The maximum atomic E-state index is 5.19. The maximum absolute atomic E-state index is 5.19. The Labute approximate surface area is 140 Å². The molecule has 124 valence electrons. The van der Waals surface area contributed by atoms with E-state index < -0.39 is 0 Å². The van der Waals surface area contributed by atoms with Gasteiger partial charge in [0.15, 0.2) is 5.65 Å². The fraction of sp³-hybridized carbons (Fsp3) is 0.353. The van der Waals surface area contributed by atoms with Gasteiger partial charge in [-0.3, -0.25) is 0 Å². The van der Waals surface area contributed by atoms with Crippen LogP contribution in [0.25, 0.3) is 22.6 Å². The predicted molar refractivity (Wildman–Crippen MR) is 93.4 cm³/mol. The number of hydrogen-bond donors (Lipinski definition) is 1. The van der Waals surface area contributed by atoms with Crippen molar-refractivity contribution in [1.82, 2.24) is 24.8 Å². The number of methoxy groups -OCH3 is 1. The lowest BCUT2D eigenvalue weighted by atomic mass is 10.2. The Morgan fingerprint density at radius 1 is 1.04 bits per heavy atom. The third kappa shape index (κ3) is 2.78. The molecular weight excluding hydrogens is 304 g/mol. The molecule has 0 unspecified atom stereocenters. The number of benzene rings is 1. The highest BCUT2D eigenvalue weighted by molar-refractivity contribution is 5.76. The summed E-state index contributed by atoms with van der Waals surface area (Å²) in [4.78, 5) is 21.6. The first-order valence-electron chi connectivity index (χ1n) is 8.03. The molecule has 7 nitrogen and oxygen atoms in total. The van der Waals surface area contributed by atoms with E-state index in [0.29, 0.717) is 5.65 Å². The van der Waals surface area contributed by atoms with Gasteiger partial charge in [-0.2, -0.15) is 4.98 Å². The Morgan fingerprint density at radius 3 is 2.50 bits per heavy atom. The van der Waals surface area contributed by atoms with Crippen LogP contribution >= 0.6 is 0 Å². The third-order valence-electron chi connectivity index (χ3n) is 4.38. The van der Waals surface area contributed by atoms with Gasteiger partial charge in [0, 0.05) is 31.7 Å². The maximum Gasteiger partial charge on any atom is 0.227 e. The highest BCUT2D eigenvalue weighted by Crippen LogP contribution is 2.23. The largest absolute Gasteiger partial charge is 0.497 e. The summed E-state index contributed by atoms with van der Waals surface area (Å²) >= 11 is 0. The monoisotopic (exact) mass is 324 g/mol. The zero-order valence-electron chi connectivity index (χ0n) is 13.9. The van der Waals surface area contributed by atoms with Crippen LogP contribution < -0.4 is 9.64 Å². The number of anilines is 1. The first-order chi connectivity index (χ1) is 11.7. The standard InChI is InChI=1S/C17H20N6O/c1-22-7-9-23(10-8-22)17-18-11-14-16(21-17)20-15(19-14)12-3-5-13(24-2)6-4-12/h3-6,11H,7-10H2,1-2H3,(H,18,19,20,21). The predicted octanol–water partition coefficient (Wildman–Crippen LogP) is 1.78. The van der Waals surface area contributed by atoms with E-state index in [1.165, 1.54) is 0 Å². The molecule has 1 aromatic carbocycles. The normalized spacial score (nSPS) is 15.8. The summed E-state index contributed by atoms with van der Waals surface area (Å²) in [7, 11) is 3.79. The molecular formula is C17H20N6O. The Kier molecular flexibility index (Phi) is 3.78. The van der Waals surface area contributed by atoms with Crippen molar-refractivity contribution in [1.29, 1.82) is 0 Å². The second kappa shape index (κ2) is 6.09. The lowest BCUT2D eigenvalue weighted by molar-refractivity contribution is 0.311. The van der Waals surface area contributed by atoms with Crippen LogP contribution in [0.1, 0.15) is 0 Å². The van der Waals surface area contributed by atoms with Gasteiger partial charge in [0.1, 0.15) is 17.1 Å². The lowest BCUT2D eigenvalue weighted by Gasteiger charge is -2.32. The Balaban J connectivity index is 1.63. The molecule has 3 heterocycles. The molecule has 0 radical (unpaired) electrons. The quantitative estimate of drug-likeness (QED) is 0.792. The number of aromatic amines is 1. The minimum absolute atomic E-state index is 0.699. The number of nitrogens with zero attached hydrogens (tertiary/aromatic N) is 5. The summed E-state index contributed by atoms with van der Waals surface area (Å²) in [6.07, 6.45) is 1.82. The first kappa shape index (κ1) is 14.9. The summed E-state index contributed by atoms with van der Waals surface area (Å²) in [6, 6.07) is 7.80. The SMILES string of the molecule is COc1ccc(-c2nc3nc(N4CCN(C)CC4)ncc3[nH]2)cc1. The van der Waals surface area contributed by atoms with Gasteiger partial charge < -0.3 is 19.5 Å². The van der Waals surface area contributed by atoms with Crippen molar-refractivity contribution >= 4 is 17.1 Å². The molecule has 0 spiro atoms. The smallest absolute Gasteiger partial charge is 0.227 e. The second-order valence-electron chi connectivity index (χ2n) is 6.01. The summed E-state index contributed by atoms with van der Waals surface area (Å²) in [5.74, 6) is 2.37. The van der Waals surface area contributed by atoms with Crippen LogP contribution in [0.15, 0.2) is 30.5 Å². The van der Waals surface area contributed by atoms with E-state index in [1.807, 2.05) is 30.5 Å². The van der Waals surface area contributed by atoms with E-state index in [1.54, 1.807) is 7.11 Å². The number of fused-ring (bicyclic) bond motifs is 1. The first-order valence-corrected chi connectivity index (χ1v) is 8.03. The Morgan fingerprint density at radius 2 is 1.79 bits per heavy atom. The molecule has 1 N–H and O–H groups in total. The highest BCUT2D eigenvalue weighted by Gasteiger charge is 2.17. The third-order valence-corrected chi connectivity index (χ3v) is 4.38. The minimum Gasteiger partial charge on any atom is -0.497 e. The summed E-state index contributed by atoms with van der Waals surface area (Å²) in [6.45, 7) is 3.94.